The third-order valence-electron chi connectivity index (χ3n) is 13.5. The third-order valence-corrected chi connectivity index (χ3v) is 13.5. The van der Waals surface area contributed by atoms with Crippen molar-refractivity contribution >= 4 is 132 Å². The van der Waals surface area contributed by atoms with Gasteiger partial charge in [0, 0.05) is 22.6 Å². The van der Waals surface area contributed by atoms with E-state index in [1.807, 2.05) is 146 Å². The topological polar surface area (TPSA) is 209 Å². The van der Waals surface area contributed by atoms with Crippen LogP contribution in [0.1, 0.15) is 0 Å². The first kappa shape index (κ1) is 39.8. The van der Waals surface area contributed by atoms with E-state index in [4.69, 9.17) is 79.7 Å². The van der Waals surface area contributed by atoms with E-state index in [2.05, 4.69) is 0 Å². The first-order chi connectivity index (χ1) is 35.5. The summed E-state index contributed by atoms with van der Waals surface area (Å²) in [6.07, 6.45) is 0. The van der Waals surface area contributed by atoms with Crippen molar-refractivity contribution in [3.05, 3.63) is 146 Å². The van der Waals surface area contributed by atoms with Crippen LogP contribution < -0.4 is 9.97 Å². The van der Waals surface area contributed by atoms with Gasteiger partial charge in [0.05, 0.1) is 44.1 Å². The molecule has 0 saturated carbocycles. The molecule has 0 aliphatic carbocycles. The average molecular weight is 984 g/mol. The zero-order valence-electron chi connectivity index (χ0n) is 37.3. The van der Waals surface area contributed by atoms with Crippen LogP contribution >= 0.6 is 0 Å². The maximum absolute atomic E-state index is 5.19. The van der Waals surface area contributed by atoms with E-state index in [-0.39, 0.29) is 63.0 Å². The van der Waals surface area contributed by atoms with Crippen molar-refractivity contribution in [2.45, 2.75) is 0 Å². The first-order valence-electron chi connectivity index (χ1n) is 23.1. The maximum Gasteiger partial charge on any atom is 2.00 e. The van der Waals surface area contributed by atoms with Gasteiger partial charge in [-0.2, -0.15) is 0 Å². The summed E-state index contributed by atoms with van der Waals surface area (Å²) in [5.41, 5.74) is 9.37. The third kappa shape index (κ3) is 5.94. The fraction of sp³-hybridized carbons (Fsp3) is 0. The maximum atomic E-state index is 5.19. The molecule has 15 aromatic rings. The Morgan fingerprint density at radius 3 is 0.616 bits per heavy atom. The molecule has 8 aromatic carbocycles. The van der Waals surface area contributed by atoms with Gasteiger partial charge in [0.25, 0.3) is 0 Å². The van der Waals surface area contributed by atoms with Crippen molar-refractivity contribution in [3.63, 3.8) is 0 Å². The summed E-state index contributed by atoms with van der Waals surface area (Å²) in [5.74, 6) is 0.879. The summed E-state index contributed by atoms with van der Waals surface area (Å²) < 4.78 is 0. The van der Waals surface area contributed by atoms with Gasteiger partial charge in [-0.3, -0.25) is 0 Å². The molecule has 0 unspecified atom stereocenters. The number of aromatic nitrogens is 16. The molecular formula is C56H24CuN16. The summed E-state index contributed by atoms with van der Waals surface area (Å²) in [4.78, 5) is 82.5. The minimum absolute atomic E-state index is 0. The van der Waals surface area contributed by atoms with E-state index < -0.39 is 0 Å². The Kier molecular flexibility index (Phi) is 7.94. The van der Waals surface area contributed by atoms with Crippen LogP contribution in [0.5, 0.6) is 0 Å². The molecule has 9 heterocycles. The van der Waals surface area contributed by atoms with Crippen LogP contribution in [0.3, 0.4) is 0 Å². The standard InChI is InChI=1S/C56H24N16.Cu/c1-2-10-26-18-34-33(17-25(26)9-1)57-41-42(58-34)50-65-49(41)69-51-43-44(60-36-20-28-12-4-3-11-27(28)19-35(36)59-43)53(66-51)71-55-47-48(64-40-24-32-16-8-7-15-31(32)23-39(40)63-47)56(68-55)72-54-46-45(52(67-54)70-50)61-37-21-29-13-5-6-14-30(29)22-38(37)62-46;/h1-24H;/q-2;+2. The zero-order chi connectivity index (χ0) is 46.8. The predicted molar refractivity (Wildman–Crippen MR) is 276 cm³/mol. The summed E-state index contributed by atoms with van der Waals surface area (Å²) >= 11 is 0. The van der Waals surface area contributed by atoms with Crippen LogP contribution in [0.4, 0.5) is 0 Å². The molecule has 0 spiro atoms. The van der Waals surface area contributed by atoms with E-state index >= 15 is 0 Å². The van der Waals surface area contributed by atoms with Crippen molar-refractivity contribution in [1.29, 1.82) is 0 Å². The van der Waals surface area contributed by atoms with E-state index in [9.17, 15) is 0 Å². The van der Waals surface area contributed by atoms with Crippen molar-refractivity contribution in [3.8, 4) is 46.1 Å². The zero-order valence-corrected chi connectivity index (χ0v) is 38.3. The van der Waals surface area contributed by atoms with Crippen LogP contribution in [-0.2, 0) is 17.1 Å². The fourth-order valence-corrected chi connectivity index (χ4v) is 10.1. The Hall–Kier alpha value is -9.96. The Labute approximate surface area is 418 Å². The molecule has 17 heteroatoms. The number of benzene rings is 8. The van der Waals surface area contributed by atoms with Gasteiger partial charge >= 0.3 is 17.1 Å². The van der Waals surface area contributed by atoms with E-state index in [0.29, 0.717) is 89.0 Å². The number of fused-ring (bicyclic) bond motifs is 28. The molecule has 2 aliphatic rings. The SMILES string of the molecule is [Cu+2].c1ccc2cc3nc4c(nc3cc2c1)-c1nc-4nc2[n-]c(nc3nc(nc4[n-]c(n1)c1nc5cc6ccccc6cc5nc41)-c1nc4cc5ccccc5cc4nc1-3)c1nc3cc4ccccc4cc3nc21. The number of hydrogen-bond acceptors (Lipinski definition) is 14. The molecule has 0 amide bonds. The minimum atomic E-state index is 0. The molecule has 0 fully saturated rings. The largest absolute Gasteiger partial charge is 2.00 e. The normalized spacial score (nSPS) is 12.3. The molecule has 339 valence electrons. The fourth-order valence-electron chi connectivity index (χ4n) is 10.1. The Bertz CT molecular complexity index is 4570. The van der Waals surface area contributed by atoms with Crippen molar-refractivity contribution < 1.29 is 17.1 Å². The Morgan fingerprint density at radius 2 is 0.411 bits per heavy atom. The van der Waals surface area contributed by atoms with Crippen LogP contribution in [0.25, 0.3) is 178 Å². The van der Waals surface area contributed by atoms with Crippen LogP contribution in [0.2, 0.25) is 0 Å². The Balaban J connectivity index is 0.00000456. The second-order valence-electron chi connectivity index (χ2n) is 17.9. The minimum Gasteiger partial charge on any atom is -0.354 e. The van der Waals surface area contributed by atoms with E-state index in [0.717, 1.165) is 43.1 Å². The van der Waals surface area contributed by atoms with Gasteiger partial charge in [0.2, 0.25) is 0 Å². The van der Waals surface area contributed by atoms with Gasteiger partial charge in [0.15, 0.2) is 0 Å². The molecule has 0 atom stereocenters. The predicted octanol–water partition coefficient (Wildman–Crippen LogP) is 10.5. The van der Waals surface area contributed by atoms with Gasteiger partial charge in [0.1, 0.15) is 68.1 Å². The molecule has 17 rings (SSSR count). The quantitative estimate of drug-likeness (QED) is 0.102. The van der Waals surface area contributed by atoms with E-state index in [1.54, 1.807) is 0 Å². The molecule has 0 saturated heterocycles. The number of nitrogens with zero attached hydrogens (tertiary/aromatic N) is 16. The van der Waals surface area contributed by atoms with Crippen molar-refractivity contribution in [2.75, 3.05) is 0 Å². The first-order valence-corrected chi connectivity index (χ1v) is 23.1. The number of hydrogen-bond donors (Lipinski definition) is 0. The molecule has 16 nitrogen and oxygen atoms in total. The van der Waals surface area contributed by atoms with Crippen molar-refractivity contribution in [2.24, 2.45) is 0 Å². The van der Waals surface area contributed by atoms with Crippen LogP contribution in [0.15, 0.2) is 146 Å². The summed E-state index contributed by atoms with van der Waals surface area (Å²) in [6, 6.07) is 48.5. The molecular weight excluding hydrogens is 960 g/mol. The van der Waals surface area contributed by atoms with E-state index in [1.165, 1.54) is 0 Å². The van der Waals surface area contributed by atoms with Gasteiger partial charge < -0.3 is 29.9 Å². The summed E-state index contributed by atoms with van der Waals surface area (Å²) in [6.45, 7) is 0. The molecule has 2 aliphatic heterocycles. The second kappa shape index (κ2) is 14.6. The van der Waals surface area contributed by atoms with Gasteiger partial charge in [-0.05, 0) is 91.6 Å². The summed E-state index contributed by atoms with van der Waals surface area (Å²) in [7, 11) is 0. The van der Waals surface area contributed by atoms with Gasteiger partial charge in [-0.15, -0.1) is 0 Å². The average Bonchev–Trinajstić information content (AvgIpc) is 4.12. The molecule has 8 bridgehead atoms. The van der Waals surface area contributed by atoms with Crippen LogP contribution in [0, 0.1) is 0 Å². The smallest absolute Gasteiger partial charge is 0.354 e. The van der Waals surface area contributed by atoms with Crippen molar-refractivity contribution in [1.82, 2.24) is 79.7 Å². The number of rotatable bonds is 0. The molecule has 0 N–H and O–H groups in total. The monoisotopic (exact) mass is 983 g/mol. The molecule has 73 heavy (non-hydrogen) atoms. The second-order valence-corrected chi connectivity index (χ2v) is 17.9. The molecule has 1 radical (unpaired) electrons. The van der Waals surface area contributed by atoms with Gasteiger partial charge in [-0.25, -0.2) is 49.8 Å². The Morgan fingerprint density at radius 1 is 0.219 bits per heavy atom. The summed E-state index contributed by atoms with van der Waals surface area (Å²) in [5, 5.41) is 8.12. The molecule has 7 aromatic heterocycles. The van der Waals surface area contributed by atoms with Crippen LogP contribution in [-0.4, -0.2) is 69.8 Å². The van der Waals surface area contributed by atoms with Gasteiger partial charge in [-0.1, -0.05) is 97.1 Å².